The third-order valence-electron chi connectivity index (χ3n) is 6.51. The summed E-state index contributed by atoms with van der Waals surface area (Å²) >= 11 is 0. The van der Waals surface area contributed by atoms with E-state index in [9.17, 15) is 14.4 Å². The summed E-state index contributed by atoms with van der Waals surface area (Å²) in [5.41, 5.74) is 0.379. The van der Waals surface area contributed by atoms with E-state index in [0.29, 0.717) is 50.2 Å². The Morgan fingerprint density at radius 3 is 2.53 bits per heavy atom. The third kappa shape index (κ3) is 4.75. The number of aromatic nitrogens is 1. The lowest BCUT2D eigenvalue weighted by molar-refractivity contribution is -0.143. The van der Waals surface area contributed by atoms with Gasteiger partial charge in [0, 0.05) is 56.9 Å². The van der Waals surface area contributed by atoms with Crippen molar-refractivity contribution in [3.05, 3.63) is 59.9 Å². The van der Waals surface area contributed by atoms with Crippen molar-refractivity contribution in [2.45, 2.75) is 44.5 Å². The highest BCUT2D eigenvalue weighted by Crippen LogP contribution is 2.38. The molecule has 34 heavy (non-hydrogen) atoms. The van der Waals surface area contributed by atoms with Gasteiger partial charge >= 0.3 is 0 Å². The summed E-state index contributed by atoms with van der Waals surface area (Å²) < 4.78 is 11.4. The van der Waals surface area contributed by atoms with E-state index < -0.39 is 11.8 Å². The lowest BCUT2D eigenvalue weighted by Gasteiger charge is -2.44. The monoisotopic (exact) mass is 466 g/mol. The molecule has 2 aliphatic heterocycles. The van der Waals surface area contributed by atoms with E-state index >= 15 is 0 Å². The standard InChI is InChI=1S/C25H30N4O5/c1-3-22(30)28-13-10-25(11-14-28)29(24(32)19-6-8-20(33-2)9-7-19)21(17-34-25)23(31)27-16-18-5-4-12-26-15-18/h4-9,12,15,21H,3,10-11,13-14,16-17H2,1-2H3,(H,27,31)/t21-/m0/s1. The maximum Gasteiger partial charge on any atom is 0.256 e. The number of hydrogen-bond acceptors (Lipinski definition) is 6. The first-order valence-electron chi connectivity index (χ1n) is 11.5. The van der Waals surface area contributed by atoms with Crippen molar-refractivity contribution in [3.63, 3.8) is 0 Å². The molecule has 3 heterocycles. The van der Waals surface area contributed by atoms with E-state index in [1.54, 1.807) is 59.6 Å². The molecule has 2 aliphatic rings. The van der Waals surface area contributed by atoms with E-state index in [-0.39, 0.29) is 24.3 Å². The molecule has 9 nitrogen and oxygen atoms in total. The molecule has 2 fully saturated rings. The number of pyridine rings is 1. The lowest BCUT2D eigenvalue weighted by atomic mass is 9.96. The highest BCUT2D eigenvalue weighted by molar-refractivity contribution is 5.98. The number of hydrogen-bond donors (Lipinski definition) is 1. The Balaban J connectivity index is 1.57. The Morgan fingerprint density at radius 2 is 1.91 bits per heavy atom. The van der Waals surface area contributed by atoms with E-state index in [4.69, 9.17) is 9.47 Å². The van der Waals surface area contributed by atoms with Crippen LogP contribution in [-0.2, 0) is 20.9 Å². The molecular weight excluding hydrogens is 436 g/mol. The van der Waals surface area contributed by atoms with Gasteiger partial charge in [-0.2, -0.15) is 0 Å². The van der Waals surface area contributed by atoms with Crippen molar-refractivity contribution in [2.75, 3.05) is 26.8 Å². The van der Waals surface area contributed by atoms with Crippen molar-refractivity contribution in [1.29, 1.82) is 0 Å². The van der Waals surface area contributed by atoms with Crippen LogP contribution in [0.1, 0.15) is 42.1 Å². The summed E-state index contributed by atoms with van der Waals surface area (Å²) in [6, 6.07) is 9.72. The van der Waals surface area contributed by atoms with Crippen molar-refractivity contribution in [2.24, 2.45) is 0 Å². The number of carbonyl (C=O) groups is 3. The SMILES string of the molecule is CCC(=O)N1CCC2(CC1)OC[C@@H](C(=O)NCc1cccnc1)N2C(=O)c1ccc(OC)cc1. The van der Waals surface area contributed by atoms with E-state index in [1.165, 1.54) is 0 Å². The summed E-state index contributed by atoms with van der Waals surface area (Å²) in [7, 11) is 1.56. The summed E-state index contributed by atoms with van der Waals surface area (Å²) in [4.78, 5) is 46.6. The number of ether oxygens (including phenoxy) is 2. The fourth-order valence-corrected chi connectivity index (χ4v) is 4.58. The highest BCUT2D eigenvalue weighted by Gasteiger charge is 2.54. The van der Waals surface area contributed by atoms with E-state index in [2.05, 4.69) is 10.3 Å². The van der Waals surface area contributed by atoms with Crippen LogP contribution >= 0.6 is 0 Å². The predicted molar refractivity (Wildman–Crippen MR) is 124 cm³/mol. The van der Waals surface area contributed by atoms with Crippen LogP contribution in [0.3, 0.4) is 0 Å². The van der Waals surface area contributed by atoms with Gasteiger partial charge in [0.2, 0.25) is 11.8 Å². The number of carbonyl (C=O) groups excluding carboxylic acids is 3. The van der Waals surface area contributed by atoms with Crippen LogP contribution in [0.2, 0.25) is 0 Å². The number of benzene rings is 1. The molecule has 0 saturated carbocycles. The Labute approximate surface area is 199 Å². The van der Waals surface area contributed by atoms with Gasteiger partial charge in [-0.05, 0) is 35.9 Å². The lowest BCUT2D eigenvalue weighted by Crippen LogP contribution is -2.59. The van der Waals surface area contributed by atoms with Gasteiger partial charge in [0.05, 0.1) is 13.7 Å². The summed E-state index contributed by atoms with van der Waals surface area (Å²) in [6.45, 7) is 3.19. The van der Waals surface area contributed by atoms with Crippen molar-refractivity contribution in [3.8, 4) is 5.75 Å². The van der Waals surface area contributed by atoms with Crippen LogP contribution in [0.4, 0.5) is 0 Å². The smallest absolute Gasteiger partial charge is 0.256 e. The quantitative estimate of drug-likeness (QED) is 0.699. The molecule has 0 bridgehead atoms. The van der Waals surface area contributed by atoms with Crippen molar-refractivity contribution < 1.29 is 23.9 Å². The molecule has 4 rings (SSSR count). The molecule has 1 aromatic carbocycles. The maximum absolute atomic E-state index is 13.7. The molecule has 2 aromatic rings. The van der Waals surface area contributed by atoms with Gasteiger partial charge in [-0.15, -0.1) is 0 Å². The number of amides is 3. The van der Waals surface area contributed by atoms with Crippen LogP contribution in [0.25, 0.3) is 0 Å². The molecule has 0 aliphatic carbocycles. The second-order valence-corrected chi connectivity index (χ2v) is 8.49. The maximum atomic E-state index is 13.7. The molecule has 1 spiro atoms. The second kappa shape index (κ2) is 10.2. The van der Waals surface area contributed by atoms with Gasteiger partial charge in [0.1, 0.15) is 17.5 Å². The van der Waals surface area contributed by atoms with Gasteiger partial charge in [-0.25, -0.2) is 0 Å². The minimum Gasteiger partial charge on any atom is -0.497 e. The molecule has 0 radical (unpaired) electrons. The molecule has 1 aromatic heterocycles. The molecule has 1 atom stereocenters. The number of nitrogens with zero attached hydrogens (tertiary/aromatic N) is 3. The van der Waals surface area contributed by atoms with Crippen LogP contribution in [-0.4, -0.2) is 71.1 Å². The topological polar surface area (TPSA) is 101 Å². The summed E-state index contributed by atoms with van der Waals surface area (Å²) in [5, 5.41) is 2.92. The zero-order valence-electron chi connectivity index (χ0n) is 19.5. The van der Waals surface area contributed by atoms with Gasteiger partial charge in [-0.1, -0.05) is 13.0 Å². The van der Waals surface area contributed by atoms with Crippen molar-refractivity contribution in [1.82, 2.24) is 20.1 Å². The zero-order chi connectivity index (χ0) is 24.1. The Bertz CT molecular complexity index is 1020. The number of nitrogens with one attached hydrogen (secondary N) is 1. The molecule has 0 unspecified atom stereocenters. The Morgan fingerprint density at radius 1 is 1.18 bits per heavy atom. The number of rotatable bonds is 6. The third-order valence-corrected chi connectivity index (χ3v) is 6.51. The zero-order valence-corrected chi connectivity index (χ0v) is 19.5. The molecule has 1 N–H and O–H groups in total. The fraction of sp³-hybridized carbons (Fsp3) is 0.440. The van der Waals surface area contributed by atoms with Gasteiger partial charge < -0.3 is 19.7 Å². The molecule has 2 saturated heterocycles. The Hall–Kier alpha value is -3.46. The summed E-state index contributed by atoms with van der Waals surface area (Å²) in [6.07, 6.45) is 4.69. The number of methoxy groups -OCH3 is 1. The van der Waals surface area contributed by atoms with Crippen LogP contribution in [0.15, 0.2) is 48.8 Å². The van der Waals surface area contributed by atoms with Crippen LogP contribution in [0, 0.1) is 0 Å². The van der Waals surface area contributed by atoms with Crippen LogP contribution < -0.4 is 10.1 Å². The molecular formula is C25H30N4O5. The Kier molecular flexibility index (Phi) is 7.12. The van der Waals surface area contributed by atoms with Gasteiger partial charge in [0.15, 0.2) is 0 Å². The second-order valence-electron chi connectivity index (χ2n) is 8.49. The first kappa shape index (κ1) is 23.7. The van der Waals surface area contributed by atoms with E-state index in [0.717, 1.165) is 5.56 Å². The summed E-state index contributed by atoms with van der Waals surface area (Å²) in [5.74, 6) is 0.152. The van der Waals surface area contributed by atoms with Crippen LogP contribution in [0.5, 0.6) is 5.75 Å². The first-order chi connectivity index (χ1) is 16.5. The normalized spacial score (nSPS) is 19.2. The average Bonchev–Trinajstić information content (AvgIpc) is 3.25. The van der Waals surface area contributed by atoms with Gasteiger partial charge in [-0.3, -0.25) is 24.3 Å². The number of likely N-dealkylation sites (tertiary alicyclic amines) is 1. The minimum atomic E-state index is -0.933. The molecule has 9 heteroatoms. The minimum absolute atomic E-state index is 0.0756. The predicted octanol–water partition coefficient (Wildman–Crippen LogP) is 1.98. The fourth-order valence-electron chi connectivity index (χ4n) is 4.58. The van der Waals surface area contributed by atoms with E-state index in [1.807, 2.05) is 13.0 Å². The highest BCUT2D eigenvalue weighted by atomic mass is 16.5. The van der Waals surface area contributed by atoms with Crippen molar-refractivity contribution >= 4 is 17.7 Å². The molecule has 3 amide bonds. The first-order valence-corrected chi connectivity index (χ1v) is 11.5. The number of piperidine rings is 1. The average molecular weight is 467 g/mol. The largest absolute Gasteiger partial charge is 0.497 e. The molecule has 180 valence electrons. The van der Waals surface area contributed by atoms with Gasteiger partial charge in [0.25, 0.3) is 5.91 Å².